The van der Waals surface area contributed by atoms with Gasteiger partial charge in [-0.3, -0.25) is 19.6 Å². The molecule has 0 atom stereocenters. The van der Waals surface area contributed by atoms with Crippen molar-refractivity contribution in [1.29, 1.82) is 0 Å². The van der Waals surface area contributed by atoms with Crippen LogP contribution < -0.4 is 5.32 Å². The van der Waals surface area contributed by atoms with E-state index in [-0.39, 0.29) is 11.6 Å². The van der Waals surface area contributed by atoms with Crippen molar-refractivity contribution in [3.05, 3.63) is 86.2 Å². The van der Waals surface area contributed by atoms with Crippen LogP contribution in [0.1, 0.15) is 38.4 Å². The lowest BCUT2D eigenvalue weighted by atomic mass is 10.1. The molecule has 1 aromatic heterocycles. The van der Waals surface area contributed by atoms with Crippen LogP contribution in [0, 0.1) is 37.8 Å². The maximum Gasteiger partial charge on any atom is 0.312 e. The molecule has 1 heterocycles. The summed E-state index contributed by atoms with van der Waals surface area (Å²) in [6.45, 7) is 7.68. The van der Waals surface area contributed by atoms with Crippen LogP contribution in [0.2, 0.25) is 0 Å². The van der Waals surface area contributed by atoms with Crippen LogP contribution in [0.15, 0.2) is 42.5 Å². The van der Waals surface area contributed by atoms with E-state index in [1.54, 1.807) is 30.7 Å². The molecule has 0 aliphatic carbocycles. The summed E-state index contributed by atoms with van der Waals surface area (Å²) in [4.78, 5) is 23.2. The third kappa shape index (κ3) is 3.93. The Kier molecular flexibility index (Phi) is 5.26. The molecule has 0 aliphatic heterocycles. The normalized spacial score (nSPS) is 10.7. The largest absolute Gasteiger partial charge is 0.322 e. The molecule has 0 bridgehead atoms. The minimum atomic E-state index is -0.408. The number of nitrogens with zero attached hydrogens (tertiary/aromatic N) is 3. The van der Waals surface area contributed by atoms with Crippen molar-refractivity contribution in [3.63, 3.8) is 0 Å². The van der Waals surface area contributed by atoms with Crippen molar-refractivity contribution in [2.24, 2.45) is 0 Å². The molecular weight excluding hydrogens is 356 g/mol. The summed E-state index contributed by atoms with van der Waals surface area (Å²) in [7, 11) is 0. The van der Waals surface area contributed by atoms with Crippen LogP contribution in [0.25, 0.3) is 0 Å². The van der Waals surface area contributed by atoms with E-state index in [4.69, 9.17) is 0 Å². The molecule has 28 heavy (non-hydrogen) atoms. The van der Waals surface area contributed by atoms with E-state index < -0.39 is 4.92 Å². The summed E-state index contributed by atoms with van der Waals surface area (Å²) < 4.78 is 1.61. The predicted molar refractivity (Wildman–Crippen MR) is 108 cm³/mol. The summed E-state index contributed by atoms with van der Waals surface area (Å²) >= 11 is 0. The standard InChI is InChI=1S/C21H22N4O3/c1-13-5-10-19(14(2)11-13)22-21(26)18-8-6-17(7-9-18)12-24-16(4)20(25(27)28)15(3)23-24/h5-11H,12H2,1-4H3,(H,22,26). The number of hydrogen-bond acceptors (Lipinski definition) is 4. The van der Waals surface area contributed by atoms with Gasteiger partial charge in [-0.2, -0.15) is 5.10 Å². The molecule has 3 aromatic rings. The second kappa shape index (κ2) is 7.64. The lowest BCUT2D eigenvalue weighted by Gasteiger charge is -2.10. The van der Waals surface area contributed by atoms with Gasteiger partial charge < -0.3 is 5.32 Å². The van der Waals surface area contributed by atoms with Crippen LogP contribution in [0.5, 0.6) is 0 Å². The number of nitro groups is 1. The van der Waals surface area contributed by atoms with Gasteiger partial charge in [-0.1, -0.05) is 29.8 Å². The van der Waals surface area contributed by atoms with Crippen molar-refractivity contribution < 1.29 is 9.72 Å². The molecule has 3 rings (SSSR count). The van der Waals surface area contributed by atoms with E-state index >= 15 is 0 Å². The highest BCUT2D eigenvalue weighted by atomic mass is 16.6. The highest BCUT2D eigenvalue weighted by molar-refractivity contribution is 6.04. The second-order valence-corrected chi connectivity index (χ2v) is 6.90. The van der Waals surface area contributed by atoms with Crippen molar-refractivity contribution in [2.75, 3.05) is 5.32 Å². The van der Waals surface area contributed by atoms with Crippen LogP contribution in [0.3, 0.4) is 0 Å². The Morgan fingerprint density at radius 3 is 2.36 bits per heavy atom. The van der Waals surface area contributed by atoms with E-state index in [2.05, 4.69) is 10.4 Å². The first-order valence-corrected chi connectivity index (χ1v) is 8.92. The Labute approximate surface area is 163 Å². The van der Waals surface area contributed by atoms with Gasteiger partial charge in [0.15, 0.2) is 0 Å². The molecule has 0 saturated carbocycles. The minimum absolute atomic E-state index is 0.0458. The lowest BCUT2D eigenvalue weighted by Crippen LogP contribution is -2.13. The smallest absolute Gasteiger partial charge is 0.312 e. The lowest BCUT2D eigenvalue weighted by molar-refractivity contribution is -0.386. The first-order chi connectivity index (χ1) is 13.3. The van der Waals surface area contributed by atoms with Gasteiger partial charge in [-0.05, 0) is 57.0 Å². The van der Waals surface area contributed by atoms with Gasteiger partial charge in [-0.25, -0.2) is 0 Å². The summed E-state index contributed by atoms with van der Waals surface area (Å²) in [5, 5.41) is 18.3. The number of carbonyl (C=O) groups is 1. The number of aryl methyl sites for hydroxylation is 3. The van der Waals surface area contributed by atoms with Crippen LogP contribution in [0.4, 0.5) is 11.4 Å². The van der Waals surface area contributed by atoms with Crippen molar-refractivity contribution in [2.45, 2.75) is 34.2 Å². The zero-order chi connectivity index (χ0) is 20.4. The summed E-state index contributed by atoms with van der Waals surface area (Å²) in [6.07, 6.45) is 0. The maximum absolute atomic E-state index is 12.5. The second-order valence-electron chi connectivity index (χ2n) is 6.90. The Balaban J connectivity index is 1.74. The zero-order valence-electron chi connectivity index (χ0n) is 16.3. The fourth-order valence-corrected chi connectivity index (χ4v) is 3.19. The molecule has 144 valence electrons. The number of nitrogens with one attached hydrogen (secondary N) is 1. The Morgan fingerprint density at radius 2 is 1.79 bits per heavy atom. The van der Waals surface area contributed by atoms with E-state index in [9.17, 15) is 14.9 Å². The van der Waals surface area contributed by atoms with Gasteiger partial charge >= 0.3 is 5.69 Å². The van der Waals surface area contributed by atoms with E-state index in [1.807, 2.05) is 44.2 Å². The van der Waals surface area contributed by atoms with E-state index in [0.717, 1.165) is 22.4 Å². The number of hydrogen-bond donors (Lipinski definition) is 1. The molecule has 7 heteroatoms. The number of anilines is 1. The van der Waals surface area contributed by atoms with Crippen molar-refractivity contribution in [3.8, 4) is 0 Å². The average molecular weight is 378 g/mol. The van der Waals surface area contributed by atoms with Crippen molar-refractivity contribution >= 4 is 17.3 Å². The highest BCUT2D eigenvalue weighted by Gasteiger charge is 2.21. The van der Waals surface area contributed by atoms with Gasteiger partial charge in [0.25, 0.3) is 5.91 Å². The molecule has 0 fully saturated rings. The summed E-state index contributed by atoms with van der Waals surface area (Å²) in [6, 6.07) is 13.0. The van der Waals surface area contributed by atoms with E-state index in [0.29, 0.717) is 23.5 Å². The fraction of sp³-hybridized carbons (Fsp3) is 0.238. The number of rotatable bonds is 5. The molecule has 0 saturated heterocycles. The molecule has 7 nitrogen and oxygen atoms in total. The highest BCUT2D eigenvalue weighted by Crippen LogP contribution is 2.23. The number of amides is 1. The zero-order valence-corrected chi connectivity index (χ0v) is 16.3. The molecule has 1 amide bonds. The van der Waals surface area contributed by atoms with Gasteiger partial charge in [0.05, 0.1) is 11.5 Å². The van der Waals surface area contributed by atoms with Gasteiger partial charge in [-0.15, -0.1) is 0 Å². The SMILES string of the molecule is Cc1ccc(NC(=O)c2ccc(Cn3nc(C)c([N+](=O)[O-])c3C)cc2)c(C)c1. The Bertz CT molecular complexity index is 1050. The maximum atomic E-state index is 12.5. The van der Waals surface area contributed by atoms with Crippen LogP contribution in [-0.4, -0.2) is 20.6 Å². The molecule has 1 N–H and O–H groups in total. The molecule has 0 aliphatic rings. The number of benzene rings is 2. The van der Waals surface area contributed by atoms with Crippen LogP contribution in [-0.2, 0) is 6.54 Å². The van der Waals surface area contributed by atoms with E-state index in [1.165, 1.54) is 0 Å². The van der Waals surface area contributed by atoms with Gasteiger partial charge in [0.2, 0.25) is 0 Å². The Hall–Kier alpha value is -3.48. The first-order valence-electron chi connectivity index (χ1n) is 8.92. The van der Waals surface area contributed by atoms with Gasteiger partial charge in [0, 0.05) is 11.3 Å². The minimum Gasteiger partial charge on any atom is -0.322 e. The molecule has 2 aromatic carbocycles. The molecule has 0 unspecified atom stereocenters. The predicted octanol–water partition coefficient (Wildman–Crippen LogP) is 4.33. The quantitative estimate of drug-likeness (QED) is 0.529. The average Bonchev–Trinajstić information content (AvgIpc) is 2.91. The third-order valence-corrected chi connectivity index (χ3v) is 4.70. The summed E-state index contributed by atoms with van der Waals surface area (Å²) in [5.41, 5.74) is 5.34. The monoisotopic (exact) mass is 378 g/mol. The summed E-state index contributed by atoms with van der Waals surface area (Å²) in [5.74, 6) is -0.180. The number of aromatic nitrogens is 2. The molecule has 0 spiro atoms. The third-order valence-electron chi connectivity index (χ3n) is 4.70. The van der Waals surface area contributed by atoms with Gasteiger partial charge in [0.1, 0.15) is 11.4 Å². The fourth-order valence-electron chi connectivity index (χ4n) is 3.19. The topological polar surface area (TPSA) is 90.1 Å². The number of carbonyl (C=O) groups excluding carboxylic acids is 1. The molecule has 0 radical (unpaired) electrons. The van der Waals surface area contributed by atoms with Crippen molar-refractivity contribution in [1.82, 2.24) is 9.78 Å². The molecular formula is C21H22N4O3. The first kappa shape index (κ1) is 19.3. The Morgan fingerprint density at radius 1 is 1.11 bits per heavy atom. The van der Waals surface area contributed by atoms with Crippen LogP contribution >= 0.6 is 0 Å².